The van der Waals surface area contributed by atoms with E-state index in [1.165, 1.54) is 0 Å². The number of nitrogens with zero attached hydrogens (tertiary/aromatic N) is 1. The normalized spacial score (nSPS) is 19.6. The van der Waals surface area contributed by atoms with Crippen LogP contribution < -0.4 is 15.4 Å². The number of carbonyl (C=O) groups excluding carboxylic acids is 1. The first-order valence-electron chi connectivity index (χ1n) is 7.29. The summed E-state index contributed by atoms with van der Waals surface area (Å²) in [5, 5.41) is 5.43. The van der Waals surface area contributed by atoms with E-state index in [2.05, 4.69) is 15.6 Å². The highest BCUT2D eigenvalue weighted by atomic mass is 32.2. The summed E-state index contributed by atoms with van der Waals surface area (Å²) >= 11 is 0. The first kappa shape index (κ1) is 16.5. The molecule has 1 fully saturated rings. The van der Waals surface area contributed by atoms with Gasteiger partial charge in [0.1, 0.15) is 0 Å². The van der Waals surface area contributed by atoms with Crippen molar-refractivity contribution in [2.45, 2.75) is 19.9 Å². The van der Waals surface area contributed by atoms with E-state index in [4.69, 9.17) is 4.74 Å². The highest BCUT2D eigenvalue weighted by molar-refractivity contribution is 7.91. The molecule has 8 heteroatoms. The Labute approximate surface area is 130 Å². The lowest BCUT2D eigenvalue weighted by molar-refractivity contribution is 0.238. The number of carbonyl (C=O) groups is 1. The molecule has 1 aromatic rings. The third-order valence-electron chi connectivity index (χ3n) is 3.45. The number of pyridine rings is 1. The first-order chi connectivity index (χ1) is 10.5. The first-order valence-corrected chi connectivity index (χ1v) is 9.11. The highest BCUT2D eigenvalue weighted by Gasteiger charge is 2.27. The van der Waals surface area contributed by atoms with E-state index in [-0.39, 0.29) is 23.5 Å². The minimum Gasteiger partial charge on any atom is -0.478 e. The van der Waals surface area contributed by atoms with Crippen LogP contribution in [0.4, 0.5) is 4.79 Å². The van der Waals surface area contributed by atoms with Crippen LogP contribution in [-0.4, -0.2) is 44.1 Å². The summed E-state index contributed by atoms with van der Waals surface area (Å²) in [6.07, 6.45) is 2.24. The molecule has 1 aromatic heterocycles. The molecule has 1 saturated heterocycles. The van der Waals surface area contributed by atoms with E-state index >= 15 is 0 Å². The van der Waals surface area contributed by atoms with Crippen molar-refractivity contribution in [3.05, 3.63) is 23.9 Å². The summed E-state index contributed by atoms with van der Waals surface area (Å²) in [5.74, 6) is 0.888. The fraction of sp³-hybridized carbons (Fsp3) is 0.571. The van der Waals surface area contributed by atoms with Gasteiger partial charge in [-0.2, -0.15) is 0 Å². The van der Waals surface area contributed by atoms with Crippen molar-refractivity contribution in [2.24, 2.45) is 5.92 Å². The fourth-order valence-electron chi connectivity index (χ4n) is 2.33. The molecule has 1 aliphatic heterocycles. The summed E-state index contributed by atoms with van der Waals surface area (Å²) in [6.45, 7) is 3.05. The van der Waals surface area contributed by atoms with E-state index in [1.54, 1.807) is 12.3 Å². The molecule has 2 rings (SSSR count). The van der Waals surface area contributed by atoms with E-state index in [9.17, 15) is 13.2 Å². The van der Waals surface area contributed by atoms with Crippen LogP contribution in [0.1, 0.15) is 18.9 Å². The van der Waals surface area contributed by atoms with Crippen LogP contribution in [0, 0.1) is 5.92 Å². The van der Waals surface area contributed by atoms with E-state index < -0.39 is 9.84 Å². The Bertz CT molecular complexity index is 618. The summed E-state index contributed by atoms with van der Waals surface area (Å²) in [5.41, 5.74) is 0.794. The van der Waals surface area contributed by atoms with Crippen molar-refractivity contribution in [2.75, 3.05) is 24.7 Å². The van der Waals surface area contributed by atoms with Gasteiger partial charge in [0.15, 0.2) is 9.84 Å². The molecule has 1 atom stereocenters. The van der Waals surface area contributed by atoms with Crippen LogP contribution in [0.3, 0.4) is 0 Å². The summed E-state index contributed by atoms with van der Waals surface area (Å²) < 4.78 is 28.1. The second-order valence-corrected chi connectivity index (χ2v) is 7.46. The molecule has 0 bridgehead atoms. The molecule has 2 N–H and O–H groups in total. The van der Waals surface area contributed by atoms with Crippen LogP contribution >= 0.6 is 0 Å². The minimum absolute atomic E-state index is 0.00753. The monoisotopic (exact) mass is 327 g/mol. The SMILES string of the molecule is CCOc1ncccc1CNC(=O)NC[C@H]1CCS(=O)(=O)C1. The smallest absolute Gasteiger partial charge is 0.315 e. The van der Waals surface area contributed by atoms with Gasteiger partial charge < -0.3 is 15.4 Å². The lowest BCUT2D eigenvalue weighted by Crippen LogP contribution is -2.38. The molecule has 2 heterocycles. The zero-order chi connectivity index (χ0) is 16.0. The zero-order valence-corrected chi connectivity index (χ0v) is 13.4. The maximum Gasteiger partial charge on any atom is 0.315 e. The molecule has 0 unspecified atom stereocenters. The van der Waals surface area contributed by atoms with Crippen molar-refractivity contribution < 1.29 is 17.9 Å². The van der Waals surface area contributed by atoms with Crippen LogP contribution in [-0.2, 0) is 16.4 Å². The van der Waals surface area contributed by atoms with Gasteiger partial charge in [0.25, 0.3) is 0 Å². The van der Waals surface area contributed by atoms with Crippen molar-refractivity contribution in [1.82, 2.24) is 15.6 Å². The largest absolute Gasteiger partial charge is 0.478 e. The van der Waals surface area contributed by atoms with Crippen LogP contribution in [0.2, 0.25) is 0 Å². The third-order valence-corrected chi connectivity index (χ3v) is 5.29. The number of nitrogens with one attached hydrogen (secondary N) is 2. The molecule has 122 valence electrons. The van der Waals surface area contributed by atoms with Crippen molar-refractivity contribution in [3.8, 4) is 5.88 Å². The minimum atomic E-state index is -2.91. The Kier molecular flexibility index (Phi) is 5.59. The lowest BCUT2D eigenvalue weighted by atomic mass is 10.1. The lowest BCUT2D eigenvalue weighted by Gasteiger charge is -2.12. The third kappa shape index (κ3) is 4.87. The molecule has 22 heavy (non-hydrogen) atoms. The molecular weight excluding hydrogens is 306 g/mol. The average molecular weight is 327 g/mol. The summed E-state index contributed by atoms with van der Waals surface area (Å²) in [6, 6.07) is 3.29. The van der Waals surface area contributed by atoms with Gasteiger partial charge in [-0.1, -0.05) is 6.07 Å². The van der Waals surface area contributed by atoms with Gasteiger partial charge in [-0.3, -0.25) is 0 Å². The van der Waals surface area contributed by atoms with Crippen LogP contribution in [0.25, 0.3) is 0 Å². The van der Waals surface area contributed by atoms with Gasteiger partial charge in [-0.05, 0) is 25.3 Å². The Morgan fingerprint density at radius 2 is 2.27 bits per heavy atom. The number of hydrogen-bond acceptors (Lipinski definition) is 5. The predicted molar refractivity (Wildman–Crippen MR) is 82.4 cm³/mol. The van der Waals surface area contributed by atoms with Gasteiger partial charge in [0.2, 0.25) is 5.88 Å². The van der Waals surface area contributed by atoms with E-state index in [1.807, 2.05) is 13.0 Å². The number of ether oxygens (including phenoxy) is 1. The maximum atomic E-state index is 11.8. The number of aromatic nitrogens is 1. The van der Waals surface area contributed by atoms with Gasteiger partial charge in [-0.25, -0.2) is 18.2 Å². The fourth-order valence-corrected chi connectivity index (χ4v) is 4.20. The number of hydrogen-bond donors (Lipinski definition) is 2. The summed E-state index contributed by atoms with van der Waals surface area (Å²) in [4.78, 5) is 15.9. The topological polar surface area (TPSA) is 97.4 Å². The Balaban J connectivity index is 1.76. The Morgan fingerprint density at radius 1 is 1.45 bits per heavy atom. The quantitative estimate of drug-likeness (QED) is 0.802. The standard InChI is InChI=1S/C14H21N3O4S/c1-2-21-13-12(4-3-6-15-13)9-17-14(18)16-8-11-5-7-22(19,20)10-11/h3-4,6,11H,2,5,7-10H2,1H3,(H2,16,17,18)/t11-/m1/s1. The zero-order valence-electron chi connectivity index (χ0n) is 12.5. The Hall–Kier alpha value is -1.83. The highest BCUT2D eigenvalue weighted by Crippen LogP contribution is 2.17. The second kappa shape index (κ2) is 7.44. The van der Waals surface area contributed by atoms with E-state index in [0.29, 0.717) is 32.0 Å². The number of sulfone groups is 1. The maximum absolute atomic E-state index is 11.8. The molecule has 0 aromatic carbocycles. The van der Waals surface area contributed by atoms with Crippen molar-refractivity contribution in [3.63, 3.8) is 0 Å². The number of urea groups is 1. The Morgan fingerprint density at radius 3 is 2.95 bits per heavy atom. The summed E-state index contributed by atoms with van der Waals surface area (Å²) in [7, 11) is -2.91. The molecule has 2 amide bonds. The molecule has 0 radical (unpaired) electrons. The van der Waals surface area contributed by atoms with Gasteiger partial charge in [0.05, 0.1) is 18.1 Å². The predicted octanol–water partition coefficient (Wildman–Crippen LogP) is 0.714. The molecule has 0 saturated carbocycles. The molecular formula is C14H21N3O4S. The molecule has 1 aliphatic rings. The molecule has 0 aliphatic carbocycles. The molecule has 0 spiro atoms. The van der Waals surface area contributed by atoms with Gasteiger partial charge in [-0.15, -0.1) is 0 Å². The average Bonchev–Trinajstić information content (AvgIpc) is 2.84. The van der Waals surface area contributed by atoms with Gasteiger partial charge >= 0.3 is 6.03 Å². The number of amides is 2. The second-order valence-electron chi connectivity index (χ2n) is 5.23. The molecule has 7 nitrogen and oxygen atoms in total. The van der Waals surface area contributed by atoms with Crippen molar-refractivity contribution >= 4 is 15.9 Å². The van der Waals surface area contributed by atoms with E-state index in [0.717, 1.165) is 5.56 Å². The number of rotatable bonds is 6. The van der Waals surface area contributed by atoms with Gasteiger partial charge in [0, 0.05) is 24.8 Å². The van der Waals surface area contributed by atoms with Crippen LogP contribution in [0.15, 0.2) is 18.3 Å². The van der Waals surface area contributed by atoms with Crippen molar-refractivity contribution in [1.29, 1.82) is 0 Å². The van der Waals surface area contributed by atoms with Crippen LogP contribution in [0.5, 0.6) is 5.88 Å².